The van der Waals surface area contributed by atoms with Crippen molar-refractivity contribution < 1.29 is 4.74 Å². The average molecular weight is 240 g/mol. The summed E-state index contributed by atoms with van der Waals surface area (Å²) in [7, 11) is 0. The van der Waals surface area contributed by atoms with Crippen molar-refractivity contribution in [3.8, 4) is 5.75 Å². The van der Waals surface area contributed by atoms with Crippen LogP contribution in [0.1, 0.15) is 25.3 Å². The van der Waals surface area contributed by atoms with Crippen molar-refractivity contribution in [2.75, 3.05) is 13.1 Å². The molecule has 1 aromatic carbocycles. The average Bonchev–Trinajstić information content (AvgIpc) is 2.31. The number of ether oxygens (including phenoxy) is 1. The Hall–Kier alpha value is -0.730. The van der Waals surface area contributed by atoms with Crippen LogP contribution >= 0.6 is 11.6 Å². The van der Waals surface area contributed by atoms with Gasteiger partial charge in [-0.2, -0.15) is 0 Å². The second kappa shape index (κ2) is 5.55. The summed E-state index contributed by atoms with van der Waals surface area (Å²) in [4.78, 5) is 0. The van der Waals surface area contributed by atoms with Gasteiger partial charge in [0.05, 0.1) is 0 Å². The number of benzene rings is 1. The molecule has 1 heterocycles. The van der Waals surface area contributed by atoms with Crippen LogP contribution in [-0.2, 0) is 6.42 Å². The molecular formula is C13H18ClNO. The van der Waals surface area contributed by atoms with Gasteiger partial charge >= 0.3 is 0 Å². The van der Waals surface area contributed by atoms with Gasteiger partial charge in [0, 0.05) is 11.6 Å². The zero-order valence-electron chi connectivity index (χ0n) is 9.63. The van der Waals surface area contributed by atoms with Crippen molar-refractivity contribution >= 4 is 11.6 Å². The van der Waals surface area contributed by atoms with Gasteiger partial charge in [-0.05, 0) is 43.5 Å². The van der Waals surface area contributed by atoms with Gasteiger partial charge in [0.2, 0.25) is 0 Å². The second-order valence-electron chi connectivity index (χ2n) is 4.19. The molecule has 0 spiro atoms. The molecule has 0 bridgehead atoms. The Bertz CT molecular complexity index is 348. The fourth-order valence-electron chi connectivity index (χ4n) is 2.03. The first kappa shape index (κ1) is 11.7. The number of piperidine rings is 1. The lowest BCUT2D eigenvalue weighted by atomic mass is 10.1. The summed E-state index contributed by atoms with van der Waals surface area (Å²) < 4.78 is 6.01. The Morgan fingerprint density at radius 1 is 1.50 bits per heavy atom. The minimum atomic E-state index is 0.289. The molecule has 0 aliphatic carbocycles. The van der Waals surface area contributed by atoms with E-state index in [9.17, 15) is 0 Å². The number of nitrogens with one attached hydrogen (secondary N) is 1. The van der Waals surface area contributed by atoms with Crippen LogP contribution in [0.15, 0.2) is 18.2 Å². The summed E-state index contributed by atoms with van der Waals surface area (Å²) in [5.74, 6) is 0.948. The Balaban J connectivity index is 2.09. The van der Waals surface area contributed by atoms with Gasteiger partial charge in [-0.3, -0.25) is 0 Å². The third-order valence-electron chi connectivity index (χ3n) is 2.96. The number of aryl methyl sites for hydroxylation is 1. The predicted molar refractivity (Wildman–Crippen MR) is 67.3 cm³/mol. The first-order valence-electron chi connectivity index (χ1n) is 5.95. The van der Waals surface area contributed by atoms with Gasteiger partial charge < -0.3 is 10.1 Å². The maximum absolute atomic E-state index is 6.01. The van der Waals surface area contributed by atoms with E-state index in [1.165, 1.54) is 12.0 Å². The zero-order chi connectivity index (χ0) is 11.4. The number of hydrogen-bond acceptors (Lipinski definition) is 2. The fraction of sp³-hybridized carbons (Fsp3) is 0.538. The monoisotopic (exact) mass is 239 g/mol. The lowest BCUT2D eigenvalue weighted by Crippen LogP contribution is -2.37. The van der Waals surface area contributed by atoms with E-state index in [0.29, 0.717) is 0 Å². The van der Waals surface area contributed by atoms with Crippen LogP contribution in [0.2, 0.25) is 5.02 Å². The standard InChI is InChI=1S/C13H18ClNO/c1-2-10-5-6-11(14)8-13(10)16-12-4-3-7-15-9-12/h5-6,8,12,15H,2-4,7,9H2,1H3/t12-/m0/s1. The first-order chi connectivity index (χ1) is 7.79. The van der Waals surface area contributed by atoms with E-state index in [1.54, 1.807) is 0 Å². The summed E-state index contributed by atoms with van der Waals surface area (Å²) in [6.45, 7) is 4.18. The molecule has 0 aromatic heterocycles. The van der Waals surface area contributed by atoms with Crippen molar-refractivity contribution in [1.29, 1.82) is 0 Å². The van der Waals surface area contributed by atoms with Gasteiger partial charge in [-0.25, -0.2) is 0 Å². The molecule has 0 amide bonds. The molecule has 1 N–H and O–H groups in total. The van der Waals surface area contributed by atoms with Crippen molar-refractivity contribution in [2.24, 2.45) is 0 Å². The van der Waals surface area contributed by atoms with E-state index >= 15 is 0 Å². The minimum absolute atomic E-state index is 0.289. The van der Waals surface area contributed by atoms with Crippen molar-refractivity contribution in [1.82, 2.24) is 5.32 Å². The van der Waals surface area contributed by atoms with Crippen LogP contribution in [0.5, 0.6) is 5.75 Å². The van der Waals surface area contributed by atoms with E-state index in [1.807, 2.05) is 18.2 Å². The summed E-state index contributed by atoms with van der Waals surface area (Å²) in [6, 6.07) is 5.90. The highest BCUT2D eigenvalue weighted by Crippen LogP contribution is 2.25. The highest BCUT2D eigenvalue weighted by atomic mass is 35.5. The Labute approximate surface area is 102 Å². The lowest BCUT2D eigenvalue weighted by Gasteiger charge is -2.25. The molecule has 0 unspecified atom stereocenters. The molecule has 1 atom stereocenters. The molecule has 1 aliphatic rings. The van der Waals surface area contributed by atoms with Crippen molar-refractivity contribution in [3.63, 3.8) is 0 Å². The smallest absolute Gasteiger partial charge is 0.124 e. The third kappa shape index (κ3) is 2.89. The molecule has 16 heavy (non-hydrogen) atoms. The van der Waals surface area contributed by atoms with Crippen molar-refractivity contribution in [2.45, 2.75) is 32.3 Å². The highest BCUT2D eigenvalue weighted by Gasteiger charge is 2.15. The highest BCUT2D eigenvalue weighted by molar-refractivity contribution is 6.30. The quantitative estimate of drug-likeness (QED) is 0.876. The molecule has 1 saturated heterocycles. The summed E-state index contributed by atoms with van der Waals surface area (Å²) in [6.07, 6.45) is 3.58. The molecule has 0 radical (unpaired) electrons. The Kier molecular flexibility index (Phi) is 4.08. The van der Waals surface area contributed by atoms with E-state index in [4.69, 9.17) is 16.3 Å². The largest absolute Gasteiger partial charge is 0.489 e. The normalized spacial score (nSPS) is 20.8. The summed E-state index contributed by atoms with van der Waals surface area (Å²) in [5, 5.41) is 4.10. The van der Waals surface area contributed by atoms with Gasteiger partial charge in [-0.1, -0.05) is 24.6 Å². The molecule has 1 aromatic rings. The van der Waals surface area contributed by atoms with Crippen LogP contribution < -0.4 is 10.1 Å². The second-order valence-corrected chi connectivity index (χ2v) is 4.63. The molecule has 0 saturated carbocycles. The van der Waals surface area contributed by atoms with E-state index in [2.05, 4.69) is 12.2 Å². The molecule has 88 valence electrons. The third-order valence-corrected chi connectivity index (χ3v) is 3.19. The number of halogens is 1. The van der Waals surface area contributed by atoms with Crippen LogP contribution in [0.4, 0.5) is 0 Å². The molecule has 1 fully saturated rings. The van der Waals surface area contributed by atoms with Gasteiger partial charge in [0.25, 0.3) is 0 Å². The SMILES string of the molecule is CCc1ccc(Cl)cc1O[C@H]1CCCNC1. The fourth-order valence-corrected chi connectivity index (χ4v) is 2.19. The zero-order valence-corrected chi connectivity index (χ0v) is 10.4. The predicted octanol–water partition coefficient (Wildman–Crippen LogP) is 3.03. The topological polar surface area (TPSA) is 21.3 Å². The van der Waals surface area contributed by atoms with E-state index < -0.39 is 0 Å². The maximum Gasteiger partial charge on any atom is 0.124 e. The van der Waals surface area contributed by atoms with E-state index in [-0.39, 0.29) is 6.10 Å². The summed E-state index contributed by atoms with van der Waals surface area (Å²) in [5.41, 5.74) is 1.23. The van der Waals surface area contributed by atoms with Gasteiger partial charge in [0.1, 0.15) is 11.9 Å². The van der Waals surface area contributed by atoms with E-state index in [0.717, 1.165) is 36.7 Å². The number of rotatable bonds is 3. The van der Waals surface area contributed by atoms with Gasteiger partial charge in [0.15, 0.2) is 0 Å². The maximum atomic E-state index is 6.01. The molecular weight excluding hydrogens is 222 g/mol. The van der Waals surface area contributed by atoms with Crippen LogP contribution in [0, 0.1) is 0 Å². The van der Waals surface area contributed by atoms with Crippen LogP contribution in [0.25, 0.3) is 0 Å². The van der Waals surface area contributed by atoms with Crippen LogP contribution in [0.3, 0.4) is 0 Å². The molecule has 1 aliphatic heterocycles. The van der Waals surface area contributed by atoms with Crippen molar-refractivity contribution in [3.05, 3.63) is 28.8 Å². The van der Waals surface area contributed by atoms with Gasteiger partial charge in [-0.15, -0.1) is 0 Å². The molecule has 2 rings (SSSR count). The number of hydrogen-bond donors (Lipinski definition) is 1. The molecule has 2 nitrogen and oxygen atoms in total. The Morgan fingerprint density at radius 2 is 2.38 bits per heavy atom. The lowest BCUT2D eigenvalue weighted by molar-refractivity contribution is 0.165. The summed E-state index contributed by atoms with van der Waals surface area (Å²) >= 11 is 6.00. The Morgan fingerprint density at radius 3 is 3.06 bits per heavy atom. The first-order valence-corrected chi connectivity index (χ1v) is 6.33. The minimum Gasteiger partial charge on any atom is -0.489 e. The van der Waals surface area contributed by atoms with Crippen LogP contribution in [-0.4, -0.2) is 19.2 Å². The molecule has 3 heteroatoms.